The SMILES string of the molecule is O=C(COc1cccc2ccccc12)N/N=C\c1ccc(Sc2nc3ccccc3s2)o1. The molecule has 3 aromatic carbocycles. The van der Waals surface area contributed by atoms with Crippen LogP contribution in [0.25, 0.3) is 21.0 Å². The third kappa shape index (κ3) is 4.66. The molecule has 0 saturated carbocycles. The molecule has 32 heavy (non-hydrogen) atoms. The molecule has 0 radical (unpaired) electrons. The monoisotopic (exact) mass is 459 g/mol. The number of amides is 1. The summed E-state index contributed by atoms with van der Waals surface area (Å²) in [5, 5.41) is 6.67. The van der Waals surface area contributed by atoms with Gasteiger partial charge in [-0.25, -0.2) is 10.4 Å². The fourth-order valence-electron chi connectivity index (χ4n) is 3.10. The Morgan fingerprint density at radius 3 is 2.84 bits per heavy atom. The number of benzene rings is 3. The fraction of sp³-hybridized carbons (Fsp3) is 0.0417. The van der Waals surface area contributed by atoms with Gasteiger partial charge in [-0.05, 0) is 47.5 Å². The van der Waals surface area contributed by atoms with Crippen LogP contribution in [-0.4, -0.2) is 23.7 Å². The molecule has 6 nitrogen and oxygen atoms in total. The molecule has 2 aromatic heterocycles. The normalized spacial score (nSPS) is 11.4. The molecule has 1 amide bonds. The number of carbonyl (C=O) groups excluding carboxylic acids is 1. The third-order valence-corrected chi connectivity index (χ3v) is 6.57. The van der Waals surface area contributed by atoms with E-state index in [0.717, 1.165) is 25.3 Å². The lowest BCUT2D eigenvalue weighted by Crippen LogP contribution is -2.24. The van der Waals surface area contributed by atoms with Crippen LogP contribution in [0.4, 0.5) is 0 Å². The lowest BCUT2D eigenvalue weighted by molar-refractivity contribution is -0.123. The highest BCUT2D eigenvalue weighted by Crippen LogP contribution is 2.34. The van der Waals surface area contributed by atoms with Gasteiger partial charge in [0.15, 0.2) is 16.0 Å². The van der Waals surface area contributed by atoms with Gasteiger partial charge in [-0.3, -0.25) is 4.79 Å². The van der Waals surface area contributed by atoms with E-state index in [2.05, 4.69) is 15.5 Å². The van der Waals surface area contributed by atoms with E-state index in [1.807, 2.05) is 72.8 Å². The number of rotatable bonds is 7. The number of hydrazone groups is 1. The molecule has 5 aromatic rings. The van der Waals surface area contributed by atoms with E-state index < -0.39 is 0 Å². The minimum atomic E-state index is -0.357. The van der Waals surface area contributed by atoms with E-state index in [-0.39, 0.29) is 12.5 Å². The maximum Gasteiger partial charge on any atom is 0.277 e. The second-order valence-corrected chi connectivity index (χ2v) is 9.05. The number of carbonyl (C=O) groups is 1. The van der Waals surface area contributed by atoms with Gasteiger partial charge in [0, 0.05) is 5.39 Å². The molecule has 0 bridgehead atoms. The van der Waals surface area contributed by atoms with Crippen LogP contribution < -0.4 is 10.2 Å². The molecule has 0 spiro atoms. The Bertz CT molecular complexity index is 1390. The Kier molecular flexibility index (Phi) is 5.87. The first kappa shape index (κ1) is 20.3. The first-order chi connectivity index (χ1) is 15.7. The fourth-order valence-corrected chi connectivity index (χ4v) is 5.07. The van der Waals surface area contributed by atoms with Crippen LogP contribution in [0.2, 0.25) is 0 Å². The van der Waals surface area contributed by atoms with Gasteiger partial charge in [-0.15, -0.1) is 11.3 Å². The number of furan rings is 1. The Morgan fingerprint density at radius 1 is 1.06 bits per heavy atom. The van der Waals surface area contributed by atoms with Gasteiger partial charge in [-0.2, -0.15) is 5.10 Å². The van der Waals surface area contributed by atoms with Crippen LogP contribution in [0.15, 0.2) is 97.8 Å². The summed E-state index contributed by atoms with van der Waals surface area (Å²) in [7, 11) is 0. The van der Waals surface area contributed by atoms with Crippen molar-refractivity contribution in [3.8, 4) is 5.75 Å². The topological polar surface area (TPSA) is 76.7 Å². The van der Waals surface area contributed by atoms with Gasteiger partial charge >= 0.3 is 0 Å². The highest BCUT2D eigenvalue weighted by atomic mass is 32.2. The van der Waals surface area contributed by atoms with Crippen molar-refractivity contribution in [2.75, 3.05) is 6.61 Å². The molecular formula is C24H17N3O3S2. The van der Waals surface area contributed by atoms with Gasteiger partial charge < -0.3 is 9.15 Å². The summed E-state index contributed by atoms with van der Waals surface area (Å²) in [6.45, 7) is -0.137. The van der Waals surface area contributed by atoms with E-state index in [4.69, 9.17) is 9.15 Å². The molecule has 0 atom stereocenters. The van der Waals surface area contributed by atoms with Crippen molar-refractivity contribution < 1.29 is 13.9 Å². The van der Waals surface area contributed by atoms with Crippen molar-refractivity contribution in [3.05, 3.63) is 84.6 Å². The van der Waals surface area contributed by atoms with Crippen LogP contribution in [-0.2, 0) is 4.79 Å². The molecule has 8 heteroatoms. The molecule has 0 fully saturated rings. The van der Waals surface area contributed by atoms with E-state index in [9.17, 15) is 4.79 Å². The number of thiazole rings is 1. The molecule has 0 saturated heterocycles. The smallest absolute Gasteiger partial charge is 0.277 e. The summed E-state index contributed by atoms with van der Waals surface area (Å²) in [6, 6.07) is 25.2. The molecule has 2 heterocycles. The number of ether oxygens (including phenoxy) is 1. The second-order valence-electron chi connectivity index (χ2n) is 6.77. The summed E-state index contributed by atoms with van der Waals surface area (Å²) >= 11 is 3.07. The zero-order valence-corrected chi connectivity index (χ0v) is 18.4. The minimum Gasteiger partial charge on any atom is -0.483 e. The van der Waals surface area contributed by atoms with Gasteiger partial charge in [0.05, 0.1) is 16.4 Å². The lowest BCUT2D eigenvalue weighted by Gasteiger charge is -2.08. The summed E-state index contributed by atoms with van der Waals surface area (Å²) in [4.78, 5) is 16.7. The van der Waals surface area contributed by atoms with Crippen LogP contribution in [0.1, 0.15) is 5.76 Å². The number of para-hydroxylation sites is 1. The molecule has 1 N–H and O–H groups in total. The van der Waals surface area contributed by atoms with Crippen molar-refractivity contribution in [1.82, 2.24) is 10.4 Å². The zero-order valence-electron chi connectivity index (χ0n) is 16.7. The molecule has 158 valence electrons. The largest absolute Gasteiger partial charge is 0.483 e. The lowest BCUT2D eigenvalue weighted by atomic mass is 10.1. The van der Waals surface area contributed by atoms with Crippen molar-refractivity contribution in [2.24, 2.45) is 5.10 Å². The molecule has 0 aliphatic rings. The van der Waals surface area contributed by atoms with E-state index >= 15 is 0 Å². The Hall–Kier alpha value is -3.62. The Balaban J connectivity index is 1.15. The predicted octanol–water partition coefficient (Wildman–Crippen LogP) is 5.72. The third-order valence-electron chi connectivity index (χ3n) is 4.55. The van der Waals surface area contributed by atoms with E-state index in [0.29, 0.717) is 16.6 Å². The number of nitrogens with one attached hydrogen (secondary N) is 1. The number of fused-ring (bicyclic) bond motifs is 2. The highest BCUT2D eigenvalue weighted by Gasteiger charge is 2.09. The molecular weight excluding hydrogens is 442 g/mol. The minimum absolute atomic E-state index is 0.137. The predicted molar refractivity (Wildman–Crippen MR) is 128 cm³/mol. The van der Waals surface area contributed by atoms with Crippen molar-refractivity contribution in [3.63, 3.8) is 0 Å². The Labute approximate surface area is 191 Å². The molecule has 5 rings (SSSR count). The maximum atomic E-state index is 12.1. The highest BCUT2D eigenvalue weighted by molar-refractivity contribution is 8.01. The second kappa shape index (κ2) is 9.25. The average Bonchev–Trinajstić information content (AvgIpc) is 3.44. The summed E-state index contributed by atoms with van der Waals surface area (Å²) < 4.78 is 13.4. The number of hydrogen-bond acceptors (Lipinski definition) is 7. The van der Waals surface area contributed by atoms with Crippen LogP contribution in [0, 0.1) is 0 Å². The van der Waals surface area contributed by atoms with E-state index in [1.165, 1.54) is 18.0 Å². The number of aromatic nitrogens is 1. The van der Waals surface area contributed by atoms with Crippen LogP contribution in [0.3, 0.4) is 0 Å². The van der Waals surface area contributed by atoms with Gasteiger partial charge in [0.25, 0.3) is 5.91 Å². The summed E-state index contributed by atoms with van der Waals surface area (Å²) in [6.07, 6.45) is 1.46. The van der Waals surface area contributed by atoms with Crippen LogP contribution in [0.5, 0.6) is 5.75 Å². The van der Waals surface area contributed by atoms with Crippen LogP contribution >= 0.6 is 23.1 Å². The summed E-state index contributed by atoms with van der Waals surface area (Å²) in [5.41, 5.74) is 3.43. The first-order valence-corrected chi connectivity index (χ1v) is 11.4. The van der Waals surface area contributed by atoms with Gasteiger partial charge in [-0.1, -0.05) is 48.5 Å². The van der Waals surface area contributed by atoms with Crippen molar-refractivity contribution in [2.45, 2.75) is 9.43 Å². The Morgan fingerprint density at radius 2 is 1.91 bits per heavy atom. The van der Waals surface area contributed by atoms with Crippen molar-refractivity contribution in [1.29, 1.82) is 0 Å². The quantitative estimate of drug-likeness (QED) is 0.249. The van der Waals surface area contributed by atoms with Crippen molar-refractivity contribution >= 4 is 56.2 Å². The van der Waals surface area contributed by atoms with E-state index in [1.54, 1.807) is 17.4 Å². The van der Waals surface area contributed by atoms with Gasteiger partial charge in [0.2, 0.25) is 0 Å². The standard InChI is InChI=1S/C24H17N3O3S2/c28-22(15-29-20-10-5-7-16-6-1-2-8-18(16)20)27-25-14-17-12-13-23(30-17)32-24-26-19-9-3-4-11-21(19)31-24/h1-14H,15H2,(H,27,28)/b25-14-. The molecule has 0 aliphatic carbocycles. The number of nitrogens with zero attached hydrogens (tertiary/aromatic N) is 2. The summed E-state index contributed by atoms with van der Waals surface area (Å²) in [5.74, 6) is 0.832. The number of hydrogen-bond donors (Lipinski definition) is 1. The molecule has 0 aliphatic heterocycles. The average molecular weight is 460 g/mol. The zero-order chi connectivity index (χ0) is 21.8. The maximum absolute atomic E-state index is 12.1. The molecule has 0 unspecified atom stereocenters. The van der Waals surface area contributed by atoms with Gasteiger partial charge in [0.1, 0.15) is 11.5 Å². The first-order valence-electron chi connectivity index (χ1n) is 9.80.